The summed E-state index contributed by atoms with van der Waals surface area (Å²) in [5, 5.41) is 4.82. The lowest BCUT2D eigenvalue weighted by Crippen LogP contribution is -2.43. The van der Waals surface area contributed by atoms with Gasteiger partial charge in [0.25, 0.3) is 10.0 Å². The monoisotopic (exact) mass is 399 g/mol. The first-order valence-electron chi connectivity index (χ1n) is 9.61. The highest BCUT2D eigenvalue weighted by molar-refractivity contribution is 7.91. The summed E-state index contributed by atoms with van der Waals surface area (Å²) in [5.74, 6) is 0.0107. The van der Waals surface area contributed by atoms with Crippen molar-refractivity contribution < 1.29 is 13.2 Å². The van der Waals surface area contributed by atoms with E-state index in [0.29, 0.717) is 36.7 Å². The minimum atomic E-state index is -3.39. The Morgan fingerprint density at radius 3 is 2.54 bits per heavy atom. The molecule has 1 N–H and O–H groups in total. The quantitative estimate of drug-likeness (QED) is 0.713. The predicted octanol–water partition coefficient (Wildman–Crippen LogP) is 2.14. The van der Waals surface area contributed by atoms with Crippen molar-refractivity contribution in [2.75, 3.05) is 39.3 Å². The molecule has 0 atom stereocenters. The van der Waals surface area contributed by atoms with E-state index in [-0.39, 0.29) is 11.8 Å². The number of hydrogen-bond donors (Lipinski definition) is 1. The SMILES string of the molecule is O=C(NCCCN1CCCCC1)C1CCN(S(=O)(=O)c2cccs2)CC1. The minimum Gasteiger partial charge on any atom is -0.356 e. The molecule has 6 nitrogen and oxygen atoms in total. The molecule has 1 amide bonds. The number of thiophene rings is 1. The molecule has 3 rings (SSSR count). The van der Waals surface area contributed by atoms with E-state index in [2.05, 4.69) is 10.2 Å². The number of nitrogens with one attached hydrogen (secondary N) is 1. The van der Waals surface area contributed by atoms with Crippen molar-refractivity contribution in [1.82, 2.24) is 14.5 Å². The van der Waals surface area contributed by atoms with Crippen LogP contribution in [0.2, 0.25) is 0 Å². The number of carbonyl (C=O) groups is 1. The van der Waals surface area contributed by atoms with Gasteiger partial charge in [-0.25, -0.2) is 8.42 Å². The molecule has 0 bridgehead atoms. The molecule has 2 aliphatic heterocycles. The minimum absolute atomic E-state index is 0.0697. The number of likely N-dealkylation sites (tertiary alicyclic amines) is 1. The van der Waals surface area contributed by atoms with Crippen molar-refractivity contribution in [2.45, 2.75) is 42.7 Å². The summed E-state index contributed by atoms with van der Waals surface area (Å²) >= 11 is 1.24. The van der Waals surface area contributed by atoms with Gasteiger partial charge in [-0.1, -0.05) is 12.5 Å². The van der Waals surface area contributed by atoms with Gasteiger partial charge >= 0.3 is 0 Å². The van der Waals surface area contributed by atoms with E-state index in [9.17, 15) is 13.2 Å². The molecule has 1 aromatic rings. The van der Waals surface area contributed by atoms with E-state index >= 15 is 0 Å². The van der Waals surface area contributed by atoms with Crippen LogP contribution in [-0.2, 0) is 14.8 Å². The van der Waals surface area contributed by atoms with Crippen LogP contribution in [0.3, 0.4) is 0 Å². The lowest BCUT2D eigenvalue weighted by Gasteiger charge is -2.30. The Bertz CT molecular complexity index is 662. The van der Waals surface area contributed by atoms with Crippen LogP contribution < -0.4 is 5.32 Å². The zero-order valence-electron chi connectivity index (χ0n) is 15.2. The van der Waals surface area contributed by atoms with Crippen LogP contribution in [0.4, 0.5) is 0 Å². The Morgan fingerprint density at radius 2 is 1.88 bits per heavy atom. The van der Waals surface area contributed by atoms with E-state index in [1.807, 2.05) is 0 Å². The highest BCUT2D eigenvalue weighted by Crippen LogP contribution is 2.26. The number of hydrogen-bond acceptors (Lipinski definition) is 5. The number of nitrogens with zero attached hydrogens (tertiary/aromatic N) is 2. The zero-order valence-corrected chi connectivity index (χ0v) is 16.9. The summed E-state index contributed by atoms with van der Waals surface area (Å²) in [5.41, 5.74) is 0. The maximum absolute atomic E-state index is 12.5. The normalized spacial score (nSPS) is 20.9. The Kier molecular flexibility index (Phi) is 7.08. The fourth-order valence-corrected chi connectivity index (χ4v) is 6.35. The van der Waals surface area contributed by atoms with Crippen molar-refractivity contribution in [2.24, 2.45) is 5.92 Å². The molecule has 2 aliphatic rings. The molecule has 0 aliphatic carbocycles. The van der Waals surface area contributed by atoms with Crippen molar-refractivity contribution in [1.29, 1.82) is 0 Å². The van der Waals surface area contributed by atoms with Crippen molar-refractivity contribution >= 4 is 27.3 Å². The first-order chi connectivity index (χ1) is 12.6. The molecule has 0 unspecified atom stereocenters. The molecular formula is C18H29N3O3S2. The van der Waals surface area contributed by atoms with Crippen molar-refractivity contribution in [3.8, 4) is 0 Å². The Labute approximate surface area is 160 Å². The Hall–Kier alpha value is -0.960. The highest BCUT2D eigenvalue weighted by atomic mass is 32.2. The van der Waals surface area contributed by atoms with E-state index in [0.717, 1.165) is 13.0 Å². The molecule has 8 heteroatoms. The van der Waals surface area contributed by atoms with E-state index < -0.39 is 10.0 Å². The molecule has 2 fully saturated rings. The van der Waals surface area contributed by atoms with Crippen LogP contribution in [0.5, 0.6) is 0 Å². The Balaban J connectivity index is 1.37. The molecule has 2 saturated heterocycles. The lowest BCUT2D eigenvalue weighted by molar-refractivity contribution is -0.126. The topological polar surface area (TPSA) is 69.7 Å². The van der Waals surface area contributed by atoms with Gasteiger partial charge in [0, 0.05) is 25.6 Å². The fraction of sp³-hybridized carbons (Fsp3) is 0.722. The summed E-state index contributed by atoms with van der Waals surface area (Å²) in [4.78, 5) is 14.8. The number of carbonyl (C=O) groups excluding carboxylic acids is 1. The van der Waals surface area contributed by atoms with Crippen LogP contribution in [0.1, 0.15) is 38.5 Å². The molecular weight excluding hydrogens is 370 g/mol. The molecule has 3 heterocycles. The van der Waals surface area contributed by atoms with Crippen LogP contribution in [-0.4, -0.2) is 62.8 Å². The molecule has 0 radical (unpaired) electrons. The molecule has 26 heavy (non-hydrogen) atoms. The third kappa shape index (κ3) is 5.06. The summed E-state index contributed by atoms with van der Waals surface area (Å²) in [7, 11) is -3.39. The second-order valence-electron chi connectivity index (χ2n) is 7.16. The summed E-state index contributed by atoms with van der Waals surface area (Å²) < 4.78 is 26.9. The predicted molar refractivity (Wildman–Crippen MR) is 104 cm³/mol. The summed E-state index contributed by atoms with van der Waals surface area (Å²) in [6, 6.07) is 3.39. The van der Waals surface area contributed by atoms with Gasteiger partial charge in [-0.2, -0.15) is 4.31 Å². The van der Waals surface area contributed by atoms with Crippen LogP contribution in [0, 0.1) is 5.92 Å². The van der Waals surface area contributed by atoms with Gasteiger partial charge in [0.15, 0.2) is 0 Å². The molecule has 0 aromatic carbocycles. The lowest BCUT2D eigenvalue weighted by atomic mass is 9.97. The first kappa shape index (κ1) is 19.8. The molecule has 0 spiro atoms. The third-order valence-corrected chi connectivity index (χ3v) is 8.58. The van der Waals surface area contributed by atoms with E-state index in [1.54, 1.807) is 17.5 Å². The van der Waals surface area contributed by atoms with Crippen molar-refractivity contribution in [3.63, 3.8) is 0 Å². The van der Waals surface area contributed by atoms with Crippen molar-refractivity contribution in [3.05, 3.63) is 17.5 Å². The third-order valence-electron chi connectivity index (χ3n) is 5.31. The fourth-order valence-electron chi connectivity index (χ4n) is 3.74. The first-order valence-corrected chi connectivity index (χ1v) is 11.9. The number of amides is 1. The molecule has 146 valence electrons. The summed E-state index contributed by atoms with van der Waals surface area (Å²) in [6.45, 7) is 4.98. The van der Waals surface area contributed by atoms with Gasteiger partial charge in [-0.15, -0.1) is 11.3 Å². The van der Waals surface area contributed by atoms with Gasteiger partial charge in [0.05, 0.1) is 0 Å². The van der Waals surface area contributed by atoms with E-state index in [1.165, 1.54) is 48.0 Å². The average molecular weight is 400 g/mol. The average Bonchev–Trinajstić information content (AvgIpc) is 3.22. The van der Waals surface area contributed by atoms with Crippen LogP contribution in [0.25, 0.3) is 0 Å². The standard InChI is InChI=1S/C18H29N3O3S2/c22-18(19-9-5-12-20-10-2-1-3-11-20)16-7-13-21(14-8-16)26(23,24)17-6-4-15-25-17/h4,6,15-16H,1-3,5,7-14H2,(H,19,22). The van der Waals surface area contributed by atoms with Crippen LogP contribution >= 0.6 is 11.3 Å². The summed E-state index contributed by atoms with van der Waals surface area (Å²) in [6.07, 6.45) is 6.11. The van der Waals surface area contributed by atoms with Gasteiger partial charge in [-0.3, -0.25) is 4.79 Å². The second kappa shape index (κ2) is 9.30. The van der Waals surface area contributed by atoms with Gasteiger partial charge in [0.2, 0.25) is 5.91 Å². The van der Waals surface area contributed by atoms with Crippen LogP contribution in [0.15, 0.2) is 21.7 Å². The number of rotatable bonds is 7. The Morgan fingerprint density at radius 1 is 1.15 bits per heavy atom. The smallest absolute Gasteiger partial charge is 0.252 e. The van der Waals surface area contributed by atoms with Gasteiger partial charge < -0.3 is 10.2 Å². The molecule has 1 aromatic heterocycles. The van der Waals surface area contributed by atoms with Gasteiger partial charge in [-0.05, 0) is 63.2 Å². The maximum atomic E-state index is 12.5. The maximum Gasteiger partial charge on any atom is 0.252 e. The van der Waals surface area contributed by atoms with E-state index in [4.69, 9.17) is 0 Å². The molecule has 0 saturated carbocycles. The number of sulfonamides is 1. The second-order valence-corrected chi connectivity index (χ2v) is 10.3. The number of piperidine rings is 2. The zero-order chi connectivity index (χ0) is 18.4. The highest BCUT2D eigenvalue weighted by Gasteiger charge is 2.32. The van der Waals surface area contributed by atoms with Gasteiger partial charge in [0.1, 0.15) is 4.21 Å². The largest absolute Gasteiger partial charge is 0.356 e.